The van der Waals surface area contributed by atoms with E-state index >= 15 is 0 Å². The topological polar surface area (TPSA) is 43.4 Å². The van der Waals surface area contributed by atoms with Crippen molar-refractivity contribution in [3.63, 3.8) is 0 Å². The molecule has 3 nitrogen and oxygen atoms in total. The van der Waals surface area contributed by atoms with Gasteiger partial charge in [-0.2, -0.15) is 21.6 Å². The molecule has 0 aliphatic heterocycles. The monoisotopic (exact) mass is 340 g/mol. The van der Waals surface area contributed by atoms with Crippen molar-refractivity contribution in [2.45, 2.75) is 12.4 Å². The first-order valence-electron chi connectivity index (χ1n) is 6.61. The van der Waals surface area contributed by atoms with E-state index in [0.717, 1.165) is 21.7 Å². The Morgan fingerprint density at radius 2 is 1.39 bits per heavy atom. The van der Waals surface area contributed by atoms with Crippen LogP contribution < -0.4 is 4.18 Å². The Labute approximate surface area is 130 Å². The molecule has 0 spiro atoms. The largest absolute Gasteiger partial charge is 0.534 e. The molecule has 0 aliphatic rings. The summed E-state index contributed by atoms with van der Waals surface area (Å²) < 4.78 is 63.4. The minimum Gasteiger partial charge on any atom is -0.376 e. The Kier molecular flexibility index (Phi) is 3.48. The molecule has 0 bridgehead atoms. The molecule has 7 heteroatoms. The average Bonchev–Trinajstić information content (AvgIpc) is 2.43. The Morgan fingerprint density at radius 1 is 0.826 bits per heavy atom. The summed E-state index contributed by atoms with van der Waals surface area (Å²) >= 11 is 0. The zero-order valence-corrected chi connectivity index (χ0v) is 12.7. The first kappa shape index (κ1) is 15.6. The third-order valence-corrected chi connectivity index (χ3v) is 4.39. The Balaban J connectivity index is 2.09. The lowest BCUT2D eigenvalue weighted by atomic mass is 10.0. The predicted molar refractivity (Wildman–Crippen MR) is 81.8 cm³/mol. The van der Waals surface area contributed by atoms with Gasteiger partial charge in [-0.05, 0) is 52.7 Å². The molecule has 3 aromatic rings. The van der Waals surface area contributed by atoms with Crippen molar-refractivity contribution in [3.05, 3.63) is 54.1 Å². The molecule has 0 amide bonds. The van der Waals surface area contributed by atoms with Crippen molar-refractivity contribution in [2.75, 3.05) is 0 Å². The molecule has 0 aliphatic carbocycles. The number of rotatable bonds is 2. The molecule has 0 saturated carbocycles. The molecule has 0 saturated heterocycles. The van der Waals surface area contributed by atoms with Crippen molar-refractivity contribution in [1.29, 1.82) is 0 Å². The predicted octanol–water partition coefficient (Wildman–Crippen LogP) is 4.53. The van der Waals surface area contributed by atoms with E-state index in [1.165, 1.54) is 18.2 Å². The van der Waals surface area contributed by atoms with Gasteiger partial charge in [0, 0.05) is 0 Å². The molecule has 0 atom stereocenters. The van der Waals surface area contributed by atoms with Crippen LogP contribution in [-0.4, -0.2) is 13.9 Å². The standard InChI is InChI=1S/C16H11F3O3S/c1-10-2-3-11-8-14-9-15(22-23(20,21)16(17,18)19)5-4-12(14)7-13(11)6-10/h2-9H,1H3. The Bertz CT molecular complexity index is 1010. The summed E-state index contributed by atoms with van der Waals surface area (Å²) in [4.78, 5) is 0. The summed E-state index contributed by atoms with van der Waals surface area (Å²) in [5, 5.41) is 3.27. The van der Waals surface area contributed by atoms with E-state index in [1.54, 1.807) is 6.07 Å². The van der Waals surface area contributed by atoms with Gasteiger partial charge in [0.15, 0.2) is 0 Å². The van der Waals surface area contributed by atoms with Gasteiger partial charge in [-0.3, -0.25) is 0 Å². The van der Waals surface area contributed by atoms with Gasteiger partial charge in [-0.25, -0.2) is 0 Å². The van der Waals surface area contributed by atoms with E-state index in [-0.39, 0.29) is 5.75 Å². The normalized spacial score (nSPS) is 12.7. The lowest BCUT2D eigenvalue weighted by Gasteiger charge is -2.10. The average molecular weight is 340 g/mol. The van der Waals surface area contributed by atoms with Crippen LogP contribution in [0.2, 0.25) is 0 Å². The zero-order valence-electron chi connectivity index (χ0n) is 11.9. The molecule has 0 heterocycles. The van der Waals surface area contributed by atoms with E-state index in [9.17, 15) is 21.6 Å². The number of aryl methyl sites for hydroxylation is 1. The molecule has 3 aromatic carbocycles. The maximum atomic E-state index is 12.4. The molecule has 0 N–H and O–H groups in total. The number of benzene rings is 3. The SMILES string of the molecule is Cc1ccc2cc3cc(OS(=O)(=O)C(F)(F)F)ccc3cc2c1. The Morgan fingerprint density at radius 3 is 2.00 bits per heavy atom. The third-order valence-electron chi connectivity index (χ3n) is 3.41. The number of hydrogen-bond acceptors (Lipinski definition) is 3. The molecule has 3 rings (SSSR count). The summed E-state index contributed by atoms with van der Waals surface area (Å²) in [6, 6.07) is 13.5. The summed E-state index contributed by atoms with van der Waals surface area (Å²) in [7, 11) is -5.67. The first-order chi connectivity index (χ1) is 10.7. The minimum atomic E-state index is -5.67. The van der Waals surface area contributed by atoms with Crippen LogP contribution in [0.25, 0.3) is 21.5 Å². The van der Waals surface area contributed by atoms with Crippen molar-refractivity contribution in [3.8, 4) is 5.75 Å². The molecular formula is C16H11F3O3S. The fraction of sp³-hybridized carbons (Fsp3) is 0.125. The number of halogens is 3. The maximum absolute atomic E-state index is 12.4. The van der Waals surface area contributed by atoms with Crippen LogP contribution in [0.1, 0.15) is 5.56 Å². The van der Waals surface area contributed by atoms with Gasteiger partial charge in [0.2, 0.25) is 0 Å². The maximum Gasteiger partial charge on any atom is 0.534 e. The van der Waals surface area contributed by atoms with Gasteiger partial charge in [0.25, 0.3) is 0 Å². The fourth-order valence-corrected chi connectivity index (χ4v) is 2.77. The number of fused-ring (bicyclic) bond motifs is 2. The molecule has 120 valence electrons. The van der Waals surface area contributed by atoms with E-state index < -0.39 is 15.6 Å². The zero-order chi connectivity index (χ0) is 16.8. The highest BCUT2D eigenvalue weighted by atomic mass is 32.2. The Hall–Kier alpha value is -2.28. The quantitative estimate of drug-likeness (QED) is 0.391. The summed E-state index contributed by atoms with van der Waals surface area (Å²) in [6.07, 6.45) is 0. The van der Waals surface area contributed by atoms with Crippen molar-refractivity contribution < 1.29 is 25.8 Å². The van der Waals surface area contributed by atoms with Crippen molar-refractivity contribution in [1.82, 2.24) is 0 Å². The second-order valence-corrected chi connectivity index (χ2v) is 6.73. The smallest absolute Gasteiger partial charge is 0.376 e. The lowest BCUT2D eigenvalue weighted by molar-refractivity contribution is -0.0500. The second-order valence-electron chi connectivity index (χ2n) is 5.19. The fourth-order valence-electron chi connectivity index (χ4n) is 2.32. The third kappa shape index (κ3) is 2.96. The molecule has 0 fully saturated rings. The van der Waals surface area contributed by atoms with Crippen LogP contribution in [0.3, 0.4) is 0 Å². The summed E-state index contributed by atoms with van der Waals surface area (Å²) in [5.74, 6) is -0.374. The number of alkyl halides is 3. The molecule has 23 heavy (non-hydrogen) atoms. The van der Waals surface area contributed by atoms with Crippen LogP contribution in [0.4, 0.5) is 13.2 Å². The summed E-state index contributed by atoms with van der Waals surface area (Å²) in [6.45, 7) is 1.96. The second kappa shape index (κ2) is 5.13. The number of hydrogen-bond donors (Lipinski definition) is 0. The first-order valence-corrected chi connectivity index (χ1v) is 8.01. The van der Waals surface area contributed by atoms with Crippen LogP contribution in [-0.2, 0) is 10.1 Å². The minimum absolute atomic E-state index is 0.374. The van der Waals surface area contributed by atoms with Gasteiger partial charge in [0.1, 0.15) is 5.75 Å². The van der Waals surface area contributed by atoms with Gasteiger partial charge < -0.3 is 4.18 Å². The van der Waals surface area contributed by atoms with Gasteiger partial charge >= 0.3 is 15.6 Å². The van der Waals surface area contributed by atoms with Crippen molar-refractivity contribution in [2.24, 2.45) is 0 Å². The van der Waals surface area contributed by atoms with Crippen LogP contribution in [0.5, 0.6) is 5.75 Å². The highest BCUT2D eigenvalue weighted by molar-refractivity contribution is 7.88. The van der Waals surface area contributed by atoms with E-state index in [2.05, 4.69) is 4.18 Å². The van der Waals surface area contributed by atoms with Crippen LogP contribution in [0, 0.1) is 6.92 Å². The van der Waals surface area contributed by atoms with Crippen LogP contribution in [0.15, 0.2) is 48.5 Å². The van der Waals surface area contributed by atoms with Gasteiger partial charge in [-0.1, -0.05) is 29.8 Å². The van der Waals surface area contributed by atoms with Gasteiger partial charge in [0.05, 0.1) is 0 Å². The molecule has 0 unspecified atom stereocenters. The molecule has 0 radical (unpaired) electrons. The van der Waals surface area contributed by atoms with E-state index in [1.807, 2.05) is 31.2 Å². The lowest BCUT2D eigenvalue weighted by Crippen LogP contribution is -2.28. The van der Waals surface area contributed by atoms with Gasteiger partial charge in [-0.15, -0.1) is 0 Å². The highest BCUT2D eigenvalue weighted by Crippen LogP contribution is 2.30. The molecule has 0 aromatic heterocycles. The molecular weight excluding hydrogens is 329 g/mol. The summed E-state index contributed by atoms with van der Waals surface area (Å²) in [5.41, 5.74) is -4.36. The van der Waals surface area contributed by atoms with E-state index in [0.29, 0.717) is 5.39 Å². The van der Waals surface area contributed by atoms with Crippen molar-refractivity contribution >= 4 is 31.7 Å². The van der Waals surface area contributed by atoms with E-state index in [4.69, 9.17) is 0 Å². The highest BCUT2D eigenvalue weighted by Gasteiger charge is 2.48. The van der Waals surface area contributed by atoms with Crippen LogP contribution >= 0.6 is 0 Å².